The summed E-state index contributed by atoms with van der Waals surface area (Å²) in [7, 11) is 0. The zero-order chi connectivity index (χ0) is 19.5. The van der Waals surface area contributed by atoms with Gasteiger partial charge in [-0.15, -0.1) is 0 Å². The monoisotopic (exact) mass is 377 g/mol. The summed E-state index contributed by atoms with van der Waals surface area (Å²) in [6.45, 7) is -1.05. The van der Waals surface area contributed by atoms with E-state index in [1.807, 2.05) is 0 Å². The molecule has 3 N–H and O–H groups in total. The second-order valence-electron chi connectivity index (χ2n) is 5.35. The number of aliphatic hydroxyl groups excluding tert-OH is 2. The SMILES string of the molecule is O=C(NCC#Cc1cc([N+](=O)[O-])n([C@H]2C[C@H](O)[C@@H](CO)O2)c1)C(F)(F)F. The van der Waals surface area contributed by atoms with Crippen LogP contribution in [0.1, 0.15) is 18.2 Å². The van der Waals surface area contributed by atoms with E-state index >= 15 is 0 Å². The van der Waals surface area contributed by atoms with Gasteiger partial charge in [0, 0.05) is 6.42 Å². The van der Waals surface area contributed by atoms with Crippen LogP contribution in [0.3, 0.4) is 0 Å². The molecule has 0 aliphatic carbocycles. The first-order chi connectivity index (χ1) is 12.1. The molecule has 0 bridgehead atoms. The highest BCUT2D eigenvalue weighted by Crippen LogP contribution is 2.33. The van der Waals surface area contributed by atoms with Crippen LogP contribution in [0, 0.1) is 22.0 Å². The molecule has 1 aromatic rings. The van der Waals surface area contributed by atoms with Crippen molar-refractivity contribution in [1.82, 2.24) is 9.88 Å². The van der Waals surface area contributed by atoms with E-state index in [1.54, 1.807) is 5.32 Å². The van der Waals surface area contributed by atoms with Crippen LogP contribution >= 0.6 is 0 Å². The summed E-state index contributed by atoms with van der Waals surface area (Å²) in [6, 6.07) is 1.08. The summed E-state index contributed by atoms with van der Waals surface area (Å²) in [5.74, 6) is 2.12. The fourth-order valence-corrected chi connectivity index (χ4v) is 2.33. The molecule has 1 aromatic heterocycles. The minimum Gasteiger partial charge on any atom is -0.394 e. The number of hydrogen-bond acceptors (Lipinski definition) is 6. The van der Waals surface area contributed by atoms with Crippen LogP contribution in [0.25, 0.3) is 0 Å². The largest absolute Gasteiger partial charge is 0.471 e. The van der Waals surface area contributed by atoms with E-state index < -0.39 is 54.4 Å². The fraction of sp³-hybridized carbons (Fsp3) is 0.500. The van der Waals surface area contributed by atoms with E-state index in [9.17, 15) is 33.2 Å². The van der Waals surface area contributed by atoms with Gasteiger partial charge in [-0.25, -0.2) is 4.57 Å². The van der Waals surface area contributed by atoms with Crippen molar-refractivity contribution in [3.05, 3.63) is 27.9 Å². The molecule has 1 aliphatic heterocycles. The molecular formula is C14H14F3N3O6. The van der Waals surface area contributed by atoms with E-state index in [0.717, 1.165) is 10.6 Å². The Balaban J connectivity index is 2.12. The van der Waals surface area contributed by atoms with Crippen LogP contribution in [-0.2, 0) is 9.53 Å². The number of aromatic nitrogens is 1. The van der Waals surface area contributed by atoms with E-state index in [-0.39, 0.29) is 12.0 Å². The second kappa shape index (κ2) is 7.73. The van der Waals surface area contributed by atoms with Crippen LogP contribution in [0.5, 0.6) is 0 Å². The predicted octanol–water partition coefficient (Wildman–Crippen LogP) is 0.0670. The van der Waals surface area contributed by atoms with Crippen molar-refractivity contribution in [3.8, 4) is 11.8 Å². The Hall–Kier alpha value is -2.62. The molecule has 9 nitrogen and oxygen atoms in total. The average Bonchev–Trinajstić information content (AvgIpc) is 3.13. The summed E-state index contributed by atoms with van der Waals surface area (Å²) >= 11 is 0. The summed E-state index contributed by atoms with van der Waals surface area (Å²) in [5, 5.41) is 31.5. The topological polar surface area (TPSA) is 127 Å². The molecule has 2 rings (SSSR count). The lowest BCUT2D eigenvalue weighted by atomic mass is 10.2. The van der Waals surface area contributed by atoms with Gasteiger partial charge in [0.25, 0.3) is 0 Å². The highest BCUT2D eigenvalue weighted by molar-refractivity contribution is 5.81. The molecule has 0 saturated carbocycles. The number of carbonyl (C=O) groups is 1. The first-order valence-electron chi connectivity index (χ1n) is 7.28. The fourth-order valence-electron chi connectivity index (χ4n) is 2.33. The summed E-state index contributed by atoms with van der Waals surface area (Å²) in [4.78, 5) is 21.1. The molecule has 26 heavy (non-hydrogen) atoms. The third-order valence-electron chi connectivity index (χ3n) is 3.54. The Morgan fingerprint density at radius 3 is 2.77 bits per heavy atom. The van der Waals surface area contributed by atoms with E-state index in [1.165, 1.54) is 6.20 Å². The van der Waals surface area contributed by atoms with Gasteiger partial charge in [0.1, 0.15) is 12.3 Å². The van der Waals surface area contributed by atoms with Gasteiger partial charge < -0.3 is 30.4 Å². The van der Waals surface area contributed by atoms with Crippen LogP contribution in [0.2, 0.25) is 0 Å². The lowest BCUT2D eigenvalue weighted by Crippen LogP contribution is -2.36. The summed E-state index contributed by atoms with van der Waals surface area (Å²) in [5.41, 5.74) is 0.114. The van der Waals surface area contributed by atoms with Crippen molar-refractivity contribution in [2.45, 2.75) is 31.0 Å². The van der Waals surface area contributed by atoms with Gasteiger partial charge in [0.05, 0.1) is 30.9 Å². The number of nitrogens with one attached hydrogen (secondary N) is 1. The lowest BCUT2D eigenvalue weighted by molar-refractivity contribution is -0.393. The highest BCUT2D eigenvalue weighted by atomic mass is 19.4. The zero-order valence-electron chi connectivity index (χ0n) is 13.1. The molecule has 2 heterocycles. The number of alkyl halides is 3. The molecule has 1 aliphatic rings. The molecule has 1 fully saturated rings. The van der Waals surface area contributed by atoms with Crippen molar-refractivity contribution < 1.29 is 37.8 Å². The molecule has 12 heteroatoms. The number of carbonyl (C=O) groups excluding carboxylic acids is 1. The number of hydrogen-bond donors (Lipinski definition) is 3. The maximum absolute atomic E-state index is 12.0. The average molecular weight is 377 g/mol. The first-order valence-corrected chi connectivity index (χ1v) is 7.28. The Bertz CT molecular complexity index is 751. The normalized spacial score (nSPS) is 22.6. The number of amides is 1. The minimum absolute atomic E-state index is 0.00918. The third kappa shape index (κ3) is 4.51. The smallest absolute Gasteiger partial charge is 0.394 e. The number of ether oxygens (including phenoxy) is 1. The highest BCUT2D eigenvalue weighted by Gasteiger charge is 2.39. The Labute approximate surface area is 144 Å². The Morgan fingerprint density at radius 1 is 1.54 bits per heavy atom. The van der Waals surface area contributed by atoms with E-state index in [0.29, 0.717) is 0 Å². The van der Waals surface area contributed by atoms with Crippen molar-refractivity contribution >= 4 is 11.7 Å². The Morgan fingerprint density at radius 2 is 2.23 bits per heavy atom. The quantitative estimate of drug-likeness (QED) is 0.387. The second-order valence-corrected chi connectivity index (χ2v) is 5.35. The number of aliphatic hydroxyl groups is 2. The maximum Gasteiger partial charge on any atom is 0.471 e. The lowest BCUT2D eigenvalue weighted by Gasteiger charge is -2.10. The molecule has 0 spiro atoms. The number of rotatable bonds is 4. The molecule has 3 atom stereocenters. The van der Waals surface area contributed by atoms with Crippen molar-refractivity contribution in [1.29, 1.82) is 0 Å². The van der Waals surface area contributed by atoms with Crippen LogP contribution in [-0.4, -0.2) is 57.1 Å². The Kier molecular flexibility index (Phi) is 5.86. The molecule has 0 unspecified atom stereocenters. The van der Waals surface area contributed by atoms with Crippen molar-refractivity contribution in [2.24, 2.45) is 0 Å². The first kappa shape index (κ1) is 19.7. The van der Waals surface area contributed by atoms with Crippen LogP contribution in [0.15, 0.2) is 12.3 Å². The van der Waals surface area contributed by atoms with E-state index in [2.05, 4.69) is 11.8 Å². The molecule has 0 aromatic carbocycles. The van der Waals surface area contributed by atoms with Crippen LogP contribution in [0.4, 0.5) is 19.0 Å². The molecule has 142 valence electrons. The number of halogens is 3. The zero-order valence-corrected chi connectivity index (χ0v) is 13.1. The standard InChI is InChI=1S/C14H14F3N3O6/c15-14(16,17)13(23)18-3-1-2-8-4-11(20(24)25)19(6-8)12-5-9(22)10(7-21)26-12/h4,6,9-10,12,21-22H,3,5,7H2,(H,18,23)/t9-,10+,12+/m0/s1. The summed E-state index contributed by atoms with van der Waals surface area (Å²) in [6.07, 6.45) is -6.55. The van der Waals surface area contributed by atoms with Gasteiger partial charge in [-0.3, -0.25) is 4.79 Å². The van der Waals surface area contributed by atoms with E-state index in [4.69, 9.17) is 9.84 Å². The number of nitrogens with zero attached hydrogens (tertiary/aromatic N) is 2. The van der Waals surface area contributed by atoms with Gasteiger partial charge in [-0.05, 0) is 4.92 Å². The molecule has 1 saturated heterocycles. The molecule has 1 amide bonds. The third-order valence-corrected chi connectivity index (χ3v) is 3.54. The van der Waals surface area contributed by atoms with Gasteiger partial charge in [-0.2, -0.15) is 13.2 Å². The van der Waals surface area contributed by atoms with Crippen LogP contribution < -0.4 is 5.32 Å². The van der Waals surface area contributed by atoms with Gasteiger partial charge in [-0.1, -0.05) is 11.8 Å². The van der Waals surface area contributed by atoms with Gasteiger partial charge in [0.2, 0.25) is 6.23 Å². The molecular weight excluding hydrogens is 363 g/mol. The summed E-state index contributed by atoms with van der Waals surface area (Å²) < 4.78 is 42.5. The maximum atomic E-state index is 12.0. The van der Waals surface area contributed by atoms with Crippen molar-refractivity contribution in [3.63, 3.8) is 0 Å². The van der Waals surface area contributed by atoms with Gasteiger partial charge >= 0.3 is 17.9 Å². The number of nitro groups is 1. The molecule has 0 radical (unpaired) electrons. The van der Waals surface area contributed by atoms with Gasteiger partial charge in [0.15, 0.2) is 0 Å². The van der Waals surface area contributed by atoms with Crippen molar-refractivity contribution in [2.75, 3.05) is 13.2 Å². The predicted molar refractivity (Wildman–Crippen MR) is 78.6 cm³/mol. The minimum atomic E-state index is -5.02.